The Labute approximate surface area is 122 Å². The van der Waals surface area contributed by atoms with Crippen LogP contribution in [-0.4, -0.2) is 28.7 Å². The minimum atomic E-state index is -0.873. The fourth-order valence-electron chi connectivity index (χ4n) is 3.21. The van der Waals surface area contributed by atoms with Gasteiger partial charge in [-0.3, -0.25) is 14.4 Å². The van der Waals surface area contributed by atoms with Gasteiger partial charge in [-0.05, 0) is 31.9 Å². The summed E-state index contributed by atoms with van der Waals surface area (Å²) in [5.74, 6) is -1.76. The summed E-state index contributed by atoms with van der Waals surface area (Å²) in [4.78, 5) is 38.3. The minimum absolute atomic E-state index is 0.117. The molecule has 0 aromatic heterocycles. The van der Waals surface area contributed by atoms with Crippen molar-refractivity contribution >= 4 is 23.4 Å². The first-order chi connectivity index (χ1) is 9.88. The molecule has 2 unspecified atom stereocenters. The number of fused-ring (bicyclic) bond motifs is 1. The summed E-state index contributed by atoms with van der Waals surface area (Å²) >= 11 is 0. The lowest BCUT2D eigenvalue weighted by atomic mass is 9.83. The second kappa shape index (κ2) is 4.39. The number of hydrogen-bond acceptors (Lipinski definition) is 5. The van der Waals surface area contributed by atoms with Crippen LogP contribution in [0.5, 0.6) is 0 Å². The van der Waals surface area contributed by atoms with E-state index in [1.807, 2.05) is 0 Å². The lowest BCUT2D eigenvalue weighted by Gasteiger charge is -2.30. The van der Waals surface area contributed by atoms with Crippen molar-refractivity contribution in [2.24, 2.45) is 11.1 Å². The van der Waals surface area contributed by atoms with Gasteiger partial charge >= 0.3 is 0 Å². The Bertz CT molecular complexity index is 670. The molecule has 0 radical (unpaired) electrons. The molecule has 110 valence electrons. The summed E-state index contributed by atoms with van der Waals surface area (Å²) < 4.78 is 0. The zero-order chi connectivity index (χ0) is 15.4. The van der Waals surface area contributed by atoms with Crippen LogP contribution in [0.3, 0.4) is 0 Å². The molecule has 1 aromatic rings. The highest BCUT2D eigenvalue weighted by molar-refractivity contribution is 6.31. The molecule has 1 aliphatic heterocycles. The zero-order valence-corrected chi connectivity index (χ0v) is 11.8. The molecule has 1 saturated carbocycles. The van der Waals surface area contributed by atoms with Crippen molar-refractivity contribution in [2.45, 2.75) is 32.2 Å². The lowest BCUT2D eigenvalue weighted by molar-refractivity contribution is -0.136. The summed E-state index contributed by atoms with van der Waals surface area (Å²) in [5.41, 5.74) is 11.4. The highest BCUT2D eigenvalue weighted by atomic mass is 16.2. The van der Waals surface area contributed by atoms with E-state index in [9.17, 15) is 14.4 Å². The molecule has 0 saturated heterocycles. The van der Waals surface area contributed by atoms with Crippen molar-refractivity contribution < 1.29 is 14.4 Å². The van der Waals surface area contributed by atoms with Crippen molar-refractivity contribution in [1.29, 1.82) is 0 Å². The monoisotopic (exact) mass is 287 g/mol. The molecule has 6 heteroatoms. The zero-order valence-electron chi connectivity index (χ0n) is 11.8. The molecular weight excluding hydrogens is 270 g/mol. The Hall–Kier alpha value is -2.21. The smallest absolute Gasteiger partial charge is 0.270 e. The third-order valence-electron chi connectivity index (χ3n) is 4.67. The van der Waals surface area contributed by atoms with Crippen molar-refractivity contribution in [3.8, 4) is 0 Å². The van der Waals surface area contributed by atoms with Crippen molar-refractivity contribution in [3.05, 3.63) is 29.3 Å². The SMILES string of the molecule is CC1(C(=O)N2C(=O)c3cccc(N)c3C2=O)CCCC1N. The van der Waals surface area contributed by atoms with Crippen LogP contribution in [0, 0.1) is 5.41 Å². The molecule has 3 amide bonds. The Morgan fingerprint density at radius 3 is 2.62 bits per heavy atom. The molecule has 1 heterocycles. The van der Waals surface area contributed by atoms with E-state index in [-0.39, 0.29) is 22.9 Å². The number of benzene rings is 1. The Kier molecular flexibility index (Phi) is 2.88. The highest BCUT2D eigenvalue weighted by Crippen LogP contribution is 2.40. The number of hydrogen-bond donors (Lipinski definition) is 2. The first kappa shape index (κ1) is 13.8. The molecule has 6 nitrogen and oxygen atoms in total. The summed E-state index contributed by atoms with van der Waals surface area (Å²) in [6, 6.07) is 4.31. The minimum Gasteiger partial charge on any atom is -0.398 e. The molecular formula is C15H17N3O3. The number of carbonyl (C=O) groups is 3. The average molecular weight is 287 g/mol. The van der Waals surface area contributed by atoms with Crippen molar-refractivity contribution in [3.63, 3.8) is 0 Å². The Balaban J connectivity index is 2.03. The van der Waals surface area contributed by atoms with Gasteiger partial charge in [0.1, 0.15) is 0 Å². The van der Waals surface area contributed by atoms with E-state index in [1.165, 1.54) is 6.07 Å². The number of nitrogens with two attached hydrogens (primary N) is 2. The number of imide groups is 3. The number of nitrogens with zero attached hydrogens (tertiary/aromatic N) is 1. The molecule has 1 aliphatic carbocycles. The average Bonchev–Trinajstić information content (AvgIpc) is 2.91. The van der Waals surface area contributed by atoms with Crippen molar-refractivity contribution in [2.75, 3.05) is 5.73 Å². The summed E-state index contributed by atoms with van der Waals surface area (Å²) in [7, 11) is 0. The van der Waals surface area contributed by atoms with E-state index in [2.05, 4.69) is 0 Å². The van der Waals surface area contributed by atoms with Crippen LogP contribution in [0.2, 0.25) is 0 Å². The van der Waals surface area contributed by atoms with E-state index in [0.717, 1.165) is 6.42 Å². The fraction of sp³-hybridized carbons (Fsp3) is 0.400. The molecule has 0 bridgehead atoms. The molecule has 1 aromatic carbocycles. The van der Waals surface area contributed by atoms with Gasteiger partial charge in [-0.2, -0.15) is 0 Å². The van der Waals surface area contributed by atoms with Gasteiger partial charge < -0.3 is 11.5 Å². The predicted molar refractivity (Wildman–Crippen MR) is 76.3 cm³/mol. The molecule has 21 heavy (non-hydrogen) atoms. The van der Waals surface area contributed by atoms with Crippen LogP contribution in [0.1, 0.15) is 46.9 Å². The third-order valence-corrected chi connectivity index (χ3v) is 4.67. The molecule has 2 atom stereocenters. The van der Waals surface area contributed by atoms with Gasteiger partial charge in [0, 0.05) is 11.7 Å². The maximum atomic E-state index is 12.7. The summed E-state index contributed by atoms with van der Waals surface area (Å²) in [5, 5.41) is 0. The van der Waals surface area contributed by atoms with E-state index < -0.39 is 23.1 Å². The van der Waals surface area contributed by atoms with E-state index in [0.29, 0.717) is 17.7 Å². The summed E-state index contributed by atoms with van der Waals surface area (Å²) in [6.45, 7) is 1.72. The van der Waals surface area contributed by atoms with Gasteiger partial charge in [0.05, 0.1) is 16.5 Å². The van der Waals surface area contributed by atoms with Crippen LogP contribution in [0.15, 0.2) is 18.2 Å². The Morgan fingerprint density at radius 2 is 2.05 bits per heavy atom. The second-order valence-electron chi connectivity index (χ2n) is 5.94. The van der Waals surface area contributed by atoms with Gasteiger partial charge in [-0.15, -0.1) is 0 Å². The number of rotatable bonds is 1. The van der Waals surface area contributed by atoms with E-state index in [1.54, 1.807) is 19.1 Å². The molecule has 0 spiro atoms. The van der Waals surface area contributed by atoms with Crippen molar-refractivity contribution in [1.82, 2.24) is 4.90 Å². The molecule has 4 N–H and O–H groups in total. The number of nitrogen functional groups attached to an aromatic ring is 1. The van der Waals surface area contributed by atoms with Crippen LogP contribution in [0.25, 0.3) is 0 Å². The summed E-state index contributed by atoms with van der Waals surface area (Å²) in [6.07, 6.45) is 2.11. The number of carbonyl (C=O) groups excluding carboxylic acids is 3. The van der Waals surface area contributed by atoms with Crippen LogP contribution < -0.4 is 11.5 Å². The van der Waals surface area contributed by atoms with E-state index >= 15 is 0 Å². The second-order valence-corrected chi connectivity index (χ2v) is 5.94. The fourth-order valence-corrected chi connectivity index (χ4v) is 3.21. The van der Waals surface area contributed by atoms with Crippen LogP contribution in [0.4, 0.5) is 5.69 Å². The first-order valence-electron chi connectivity index (χ1n) is 6.95. The molecule has 3 rings (SSSR count). The van der Waals surface area contributed by atoms with Gasteiger partial charge in [0.15, 0.2) is 0 Å². The standard InChI is InChI=1S/C15H17N3O3/c1-15(7-3-6-10(15)17)14(21)18-12(19)8-4-2-5-9(16)11(8)13(18)20/h2,4-5,10H,3,6-7,16-17H2,1H3. The Morgan fingerprint density at radius 1 is 1.33 bits per heavy atom. The largest absolute Gasteiger partial charge is 0.398 e. The number of amides is 3. The molecule has 1 fully saturated rings. The molecule has 2 aliphatic rings. The first-order valence-corrected chi connectivity index (χ1v) is 6.95. The van der Waals surface area contributed by atoms with Crippen LogP contribution in [-0.2, 0) is 4.79 Å². The van der Waals surface area contributed by atoms with Gasteiger partial charge in [-0.25, -0.2) is 4.90 Å². The third kappa shape index (κ3) is 1.72. The predicted octanol–water partition coefficient (Wildman–Crippen LogP) is 0.909. The quantitative estimate of drug-likeness (QED) is 0.589. The van der Waals surface area contributed by atoms with Crippen LogP contribution >= 0.6 is 0 Å². The topological polar surface area (TPSA) is 106 Å². The lowest BCUT2D eigenvalue weighted by Crippen LogP contribution is -2.51. The maximum Gasteiger partial charge on any atom is 0.270 e. The maximum absolute atomic E-state index is 12.7. The number of anilines is 1. The normalized spacial score (nSPS) is 28.1. The van der Waals surface area contributed by atoms with Gasteiger partial charge in [0.25, 0.3) is 11.8 Å². The van der Waals surface area contributed by atoms with Gasteiger partial charge in [-0.1, -0.05) is 12.5 Å². The van der Waals surface area contributed by atoms with E-state index in [4.69, 9.17) is 11.5 Å². The van der Waals surface area contributed by atoms with Gasteiger partial charge in [0.2, 0.25) is 5.91 Å². The highest BCUT2D eigenvalue weighted by Gasteiger charge is 2.51.